The SMILES string of the molecule is CCCN(CC)CCNS(=O)(=O)c1c[nH]c(=O)c(Cl)c1. The van der Waals surface area contributed by atoms with Gasteiger partial charge in [-0.3, -0.25) is 4.79 Å². The molecule has 0 atom stereocenters. The summed E-state index contributed by atoms with van der Waals surface area (Å²) in [5.74, 6) is 0. The lowest BCUT2D eigenvalue weighted by Crippen LogP contribution is -2.35. The minimum absolute atomic E-state index is 0.0411. The Hall–Kier alpha value is -0.890. The summed E-state index contributed by atoms with van der Waals surface area (Å²) < 4.78 is 26.5. The van der Waals surface area contributed by atoms with Crippen LogP contribution in [0.15, 0.2) is 22.0 Å². The Morgan fingerprint density at radius 1 is 1.35 bits per heavy atom. The average molecular weight is 322 g/mol. The van der Waals surface area contributed by atoms with Gasteiger partial charge in [0.05, 0.1) is 4.90 Å². The molecule has 114 valence electrons. The first kappa shape index (κ1) is 17.2. The summed E-state index contributed by atoms with van der Waals surface area (Å²) in [7, 11) is -3.65. The molecule has 1 aromatic rings. The highest BCUT2D eigenvalue weighted by Gasteiger charge is 2.15. The zero-order chi connectivity index (χ0) is 15.2. The lowest BCUT2D eigenvalue weighted by Gasteiger charge is -2.19. The minimum atomic E-state index is -3.65. The summed E-state index contributed by atoms with van der Waals surface area (Å²) in [6, 6.07) is 1.15. The monoisotopic (exact) mass is 321 g/mol. The third kappa shape index (κ3) is 4.90. The normalized spacial score (nSPS) is 12.0. The predicted molar refractivity (Wildman–Crippen MR) is 79.7 cm³/mol. The van der Waals surface area contributed by atoms with E-state index >= 15 is 0 Å². The molecule has 0 fully saturated rings. The van der Waals surface area contributed by atoms with Gasteiger partial charge in [0.1, 0.15) is 5.02 Å². The second-order valence-electron chi connectivity index (χ2n) is 4.34. The molecule has 0 saturated heterocycles. The summed E-state index contributed by atoms with van der Waals surface area (Å²) in [6.07, 6.45) is 2.16. The van der Waals surface area contributed by atoms with Gasteiger partial charge in [0.15, 0.2) is 0 Å². The van der Waals surface area contributed by atoms with Crippen molar-refractivity contribution in [3.8, 4) is 0 Å². The molecular formula is C12H20ClN3O3S. The van der Waals surface area contributed by atoms with Crippen LogP contribution in [0.25, 0.3) is 0 Å². The van der Waals surface area contributed by atoms with Crippen LogP contribution in [0.3, 0.4) is 0 Å². The fourth-order valence-electron chi connectivity index (χ4n) is 1.76. The number of aromatic nitrogens is 1. The van der Waals surface area contributed by atoms with Crippen molar-refractivity contribution in [1.82, 2.24) is 14.6 Å². The van der Waals surface area contributed by atoms with E-state index in [9.17, 15) is 13.2 Å². The molecular weight excluding hydrogens is 302 g/mol. The number of likely N-dealkylation sites (N-methyl/N-ethyl adjacent to an activating group) is 1. The maximum absolute atomic E-state index is 12.0. The van der Waals surface area contributed by atoms with Gasteiger partial charge in [0, 0.05) is 19.3 Å². The van der Waals surface area contributed by atoms with Crippen LogP contribution in [0.1, 0.15) is 20.3 Å². The third-order valence-corrected chi connectivity index (χ3v) is 4.57. The minimum Gasteiger partial charge on any atom is -0.326 e. The molecule has 0 spiro atoms. The number of nitrogens with one attached hydrogen (secondary N) is 2. The summed E-state index contributed by atoms with van der Waals surface area (Å²) in [4.78, 5) is 15.5. The fraction of sp³-hybridized carbons (Fsp3) is 0.583. The first-order valence-corrected chi connectivity index (χ1v) is 8.37. The second-order valence-corrected chi connectivity index (χ2v) is 6.52. The number of pyridine rings is 1. The largest absolute Gasteiger partial charge is 0.326 e. The Bertz CT molecular complexity index is 586. The number of H-pyrrole nitrogens is 1. The van der Waals surface area contributed by atoms with Crippen molar-refractivity contribution in [2.45, 2.75) is 25.2 Å². The van der Waals surface area contributed by atoms with Crippen molar-refractivity contribution in [2.75, 3.05) is 26.2 Å². The van der Waals surface area contributed by atoms with Crippen LogP contribution in [0.5, 0.6) is 0 Å². The van der Waals surface area contributed by atoms with Gasteiger partial charge in [-0.25, -0.2) is 13.1 Å². The number of aromatic amines is 1. The Labute approximate surface area is 124 Å². The maximum atomic E-state index is 12.0. The van der Waals surface area contributed by atoms with Crippen LogP contribution in [0, 0.1) is 0 Å². The van der Waals surface area contributed by atoms with Crippen molar-refractivity contribution in [2.24, 2.45) is 0 Å². The number of halogens is 1. The van der Waals surface area contributed by atoms with E-state index in [1.54, 1.807) is 0 Å². The highest BCUT2D eigenvalue weighted by molar-refractivity contribution is 7.89. The number of hydrogen-bond donors (Lipinski definition) is 2. The average Bonchev–Trinajstić information content (AvgIpc) is 2.40. The Morgan fingerprint density at radius 2 is 2.05 bits per heavy atom. The molecule has 8 heteroatoms. The first-order valence-electron chi connectivity index (χ1n) is 6.51. The van der Waals surface area contributed by atoms with E-state index in [4.69, 9.17) is 11.6 Å². The highest BCUT2D eigenvalue weighted by Crippen LogP contribution is 2.09. The molecule has 0 bridgehead atoms. The molecule has 1 rings (SSSR count). The van der Waals surface area contributed by atoms with Crippen molar-refractivity contribution < 1.29 is 8.42 Å². The Kier molecular flexibility index (Phi) is 6.67. The van der Waals surface area contributed by atoms with Crippen molar-refractivity contribution in [3.63, 3.8) is 0 Å². The molecule has 1 heterocycles. The molecule has 0 aromatic carbocycles. The zero-order valence-corrected chi connectivity index (χ0v) is 13.2. The van der Waals surface area contributed by atoms with Gasteiger partial charge in [-0.15, -0.1) is 0 Å². The van der Waals surface area contributed by atoms with E-state index < -0.39 is 15.6 Å². The van der Waals surface area contributed by atoms with Gasteiger partial charge in [-0.1, -0.05) is 25.4 Å². The van der Waals surface area contributed by atoms with Crippen LogP contribution < -0.4 is 10.3 Å². The number of sulfonamides is 1. The lowest BCUT2D eigenvalue weighted by molar-refractivity contribution is 0.293. The van der Waals surface area contributed by atoms with Gasteiger partial charge in [0.2, 0.25) is 10.0 Å². The van der Waals surface area contributed by atoms with Gasteiger partial charge in [-0.05, 0) is 25.6 Å². The van der Waals surface area contributed by atoms with Gasteiger partial charge in [-0.2, -0.15) is 0 Å². The zero-order valence-electron chi connectivity index (χ0n) is 11.6. The highest BCUT2D eigenvalue weighted by atomic mass is 35.5. The molecule has 0 aliphatic carbocycles. The quantitative estimate of drug-likeness (QED) is 0.749. The van der Waals surface area contributed by atoms with Gasteiger partial charge < -0.3 is 9.88 Å². The fourth-order valence-corrected chi connectivity index (χ4v) is 3.01. The summed E-state index contributed by atoms with van der Waals surface area (Å²) in [6.45, 7) is 6.87. The van der Waals surface area contributed by atoms with E-state index in [-0.39, 0.29) is 9.92 Å². The van der Waals surface area contributed by atoms with Crippen LogP contribution >= 0.6 is 11.6 Å². The van der Waals surface area contributed by atoms with E-state index in [0.717, 1.165) is 31.8 Å². The molecule has 0 amide bonds. The smallest absolute Gasteiger partial charge is 0.266 e. The number of hydrogen-bond acceptors (Lipinski definition) is 4. The molecule has 0 aliphatic rings. The second kappa shape index (κ2) is 7.78. The molecule has 0 aliphatic heterocycles. The van der Waals surface area contributed by atoms with Crippen LogP contribution in [-0.4, -0.2) is 44.5 Å². The maximum Gasteiger partial charge on any atom is 0.266 e. The lowest BCUT2D eigenvalue weighted by atomic mass is 10.4. The summed E-state index contributed by atoms with van der Waals surface area (Å²) in [5.41, 5.74) is -0.509. The number of rotatable bonds is 8. The summed E-state index contributed by atoms with van der Waals surface area (Å²) in [5, 5.41) is -0.144. The predicted octanol–water partition coefficient (Wildman–Crippen LogP) is 1.04. The number of nitrogens with zero attached hydrogens (tertiary/aromatic N) is 1. The molecule has 20 heavy (non-hydrogen) atoms. The Morgan fingerprint density at radius 3 is 2.60 bits per heavy atom. The topological polar surface area (TPSA) is 82.3 Å². The van der Waals surface area contributed by atoms with E-state index in [1.807, 2.05) is 6.92 Å². The van der Waals surface area contributed by atoms with E-state index in [1.165, 1.54) is 0 Å². The molecule has 6 nitrogen and oxygen atoms in total. The molecule has 1 aromatic heterocycles. The van der Waals surface area contributed by atoms with Crippen molar-refractivity contribution in [1.29, 1.82) is 0 Å². The third-order valence-electron chi connectivity index (χ3n) is 2.85. The Balaban J connectivity index is 2.66. The molecule has 2 N–H and O–H groups in total. The van der Waals surface area contributed by atoms with E-state index in [2.05, 4.69) is 21.5 Å². The van der Waals surface area contributed by atoms with Crippen LogP contribution in [0.4, 0.5) is 0 Å². The van der Waals surface area contributed by atoms with Crippen LogP contribution in [-0.2, 0) is 10.0 Å². The van der Waals surface area contributed by atoms with Crippen LogP contribution in [0.2, 0.25) is 5.02 Å². The van der Waals surface area contributed by atoms with Crippen molar-refractivity contribution >= 4 is 21.6 Å². The van der Waals surface area contributed by atoms with Gasteiger partial charge in [0.25, 0.3) is 5.56 Å². The van der Waals surface area contributed by atoms with E-state index in [0.29, 0.717) is 13.1 Å². The standard InChI is InChI=1S/C12H20ClN3O3S/c1-3-6-16(4-2)7-5-15-20(18,19)10-8-11(13)12(17)14-9-10/h8-9,15H,3-7H2,1-2H3,(H,14,17). The first-order chi connectivity index (χ1) is 9.40. The molecule has 0 unspecified atom stereocenters. The molecule has 0 saturated carbocycles. The van der Waals surface area contributed by atoms with Crippen molar-refractivity contribution in [3.05, 3.63) is 27.6 Å². The molecule has 0 radical (unpaired) electrons. The summed E-state index contributed by atoms with van der Waals surface area (Å²) >= 11 is 5.62. The van der Waals surface area contributed by atoms with Gasteiger partial charge >= 0.3 is 0 Å².